The number of alkyl halides is 6. The van der Waals surface area contributed by atoms with Crippen LogP contribution in [0.15, 0.2) is 47.4 Å². The number of ether oxygens (including phenoxy) is 1. The molecule has 136 valence electrons. The van der Waals surface area contributed by atoms with Crippen LogP contribution in [0.4, 0.5) is 26.3 Å². The van der Waals surface area contributed by atoms with Crippen LogP contribution in [0.1, 0.15) is 5.56 Å². The molecule has 3 nitrogen and oxygen atoms in total. The molecule has 0 radical (unpaired) electrons. The molecule has 0 aliphatic carbocycles. The minimum Gasteiger partial charge on any atom is -0.405 e. The van der Waals surface area contributed by atoms with Crippen LogP contribution in [0.2, 0.25) is 0 Å². The summed E-state index contributed by atoms with van der Waals surface area (Å²) < 4.78 is 103. The number of rotatable bonds is 3. The third-order valence-electron chi connectivity index (χ3n) is 2.97. The lowest BCUT2D eigenvalue weighted by Gasteiger charge is -2.16. The van der Waals surface area contributed by atoms with E-state index in [-0.39, 0.29) is 11.1 Å². The van der Waals surface area contributed by atoms with E-state index in [0.29, 0.717) is 12.1 Å². The van der Waals surface area contributed by atoms with Crippen molar-refractivity contribution in [3.63, 3.8) is 0 Å². The fourth-order valence-electron chi connectivity index (χ4n) is 2.05. The number of benzene rings is 2. The highest BCUT2D eigenvalue weighted by Crippen LogP contribution is 2.40. The van der Waals surface area contributed by atoms with Gasteiger partial charge in [-0.05, 0) is 23.8 Å². The van der Waals surface area contributed by atoms with Crippen molar-refractivity contribution in [1.29, 1.82) is 0 Å². The van der Waals surface area contributed by atoms with Crippen LogP contribution in [-0.2, 0) is 15.2 Å². The van der Waals surface area contributed by atoms with Crippen LogP contribution >= 0.6 is 10.7 Å². The SMILES string of the molecule is O=S(=O)(Cl)c1ccc(-c2ccccc2OC(F)(F)F)cc1C(F)(F)F. The van der Waals surface area contributed by atoms with Crippen LogP contribution in [0.3, 0.4) is 0 Å². The van der Waals surface area contributed by atoms with Gasteiger partial charge in [0.2, 0.25) is 0 Å². The van der Waals surface area contributed by atoms with Crippen molar-refractivity contribution in [2.75, 3.05) is 0 Å². The van der Waals surface area contributed by atoms with Gasteiger partial charge in [-0.1, -0.05) is 24.3 Å². The maximum Gasteiger partial charge on any atom is 0.573 e. The van der Waals surface area contributed by atoms with Gasteiger partial charge in [0, 0.05) is 16.2 Å². The van der Waals surface area contributed by atoms with E-state index in [1.807, 2.05) is 0 Å². The quantitative estimate of drug-likeness (QED) is 0.522. The average Bonchev–Trinajstić information content (AvgIpc) is 2.43. The first-order valence-electron chi connectivity index (χ1n) is 6.30. The Hall–Kier alpha value is -1.94. The molecule has 2 aromatic carbocycles. The minimum atomic E-state index is -5.09. The van der Waals surface area contributed by atoms with Crippen LogP contribution < -0.4 is 4.74 Å². The maximum absolute atomic E-state index is 13.1. The summed E-state index contributed by atoms with van der Waals surface area (Å²) in [5.41, 5.74) is -2.22. The van der Waals surface area contributed by atoms with Crippen LogP contribution in [0, 0.1) is 0 Å². The Kier molecular flexibility index (Phi) is 4.97. The average molecular weight is 405 g/mol. The normalized spacial score (nSPS) is 12.9. The number of hydrogen-bond acceptors (Lipinski definition) is 3. The highest BCUT2D eigenvalue weighted by Gasteiger charge is 2.37. The molecule has 0 fully saturated rings. The van der Waals surface area contributed by atoms with Gasteiger partial charge in [0.25, 0.3) is 9.05 Å². The number of para-hydroxylation sites is 1. The van der Waals surface area contributed by atoms with Crippen LogP contribution in [0.5, 0.6) is 5.75 Å². The molecule has 0 saturated carbocycles. The molecule has 11 heteroatoms. The third-order valence-corrected chi connectivity index (χ3v) is 4.35. The van der Waals surface area contributed by atoms with Gasteiger partial charge >= 0.3 is 12.5 Å². The minimum absolute atomic E-state index is 0.302. The second kappa shape index (κ2) is 6.41. The van der Waals surface area contributed by atoms with Crippen molar-refractivity contribution in [3.05, 3.63) is 48.0 Å². The van der Waals surface area contributed by atoms with E-state index in [0.717, 1.165) is 18.2 Å². The fraction of sp³-hybridized carbons (Fsp3) is 0.143. The molecule has 0 bridgehead atoms. The van der Waals surface area contributed by atoms with E-state index in [2.05, 4.69) is 4.74 Å². The smallest absolute Gasteiger partial charge is 0.405 e. The summed E-state index contributed by atoms with van der Waals surface area (Å²) in [6, 6.07) is 6.39. The third kappa shape index (κ3) is 4.79. The zero-order chi connectivity index (χ0) is 19.0. The first-order chi connectivity index (χ1) is 11.3. The summed E-state index contributed by atoms with van der Waals surface area (Å²) in [6.07, 6.45) is -10.1. The predicted molar refractivity (Wildman–Crippen MR) is 76.6 cm³/mol. The highest BCUT2D eigenvalue weighted by atomic mass is 35.7. The van der Waals surface area contributed by atoms with E-state index >= 15 is 0 Å². The Morgan fingerprint density at radius 3 is 2.04 bits per heavy atom. The summed E-state index contributed by atoms with van der Waals surface area (Å²) in [4.78, 5) is -1.19. The maximum atomic E-state index is 13.1. The Balaban J connectivity index is 2.67. The van der Waals surface area contributed by atoms with Gasteiger partial charge in [0.05, 0.1) is 10.5 Å². The molecule has 0 spiro atoms. The molecule has 0 aromatic heterocycles. The Bertz CT molecular complexity index is 890. The molecule has 0 saturated heterocycles. The summed E-state index contributed by atoms with van der Waals surface area (Å²) in [7, 11) is 0.272. The van der Waals surface area contributed by atoms with Gasteiger partial charge in [-0.3, -0.25) is 0 Å². The lowest BCUT2D eigenvalue weighted by Crippen LogP contribution is -2.17. The van der Waals surface area contributed by atoms with Gasteiger partial charge < -0.3 is 4.74 Å². The van der Waals surface area contributed by atoms with E-state index in [1.165, 1.54) is 12.1 Å². The van der Waals surface area contributed by atoms with Crippen molar-refractivity contribution in [2.24, 2.45) is 0 Å². The molecule has 0 unspecified atom stereocenters. The second-order valence-corrected chi connectivity index (χ2v) is 7.22. The number of hydrogen-bond donors (Lipinski definition) is 0. The standard InChI is InChI=1S/C14H7ClF6O3S/c15-25(22,23)12-6-5-8(7-10(12)13(16,17)18)9-3-1-2-4-11(9)24-14(19,20)21/h1-7H. The van der Waals surface area contributed by atoms with E-state index in [9.17, 15) is 34.8 Å². The molecule has 0 atom stereocenters. The Morgan fingerprint density at radius 1 is 0.920 bits per heavy atom. The van der Waals surface area contributed by atoms with Crippen molar-refractivity contribution in [2.45, 2.75) is 17.4 Å². The zero-order valence-electron chi connectivity index (χ0n) is 11.8. The van der Waals surface area contributed by atoms with Gasteiger partial charge in [-0.15, -0.1) is 13.2 Å². The van der Waals surface area contributed by atoms with Gasteiger partial charge in [0.15, 0.2) is 0 Å². The first kappa shape index (κ1) is 19.4. The van der Waals surface area contributed by atoms with Crippen LogP contribution in [0.25, 0.3) is 11.1 Å². The summed E-state index contributed by atoms with van der Waals surface area (Å²) in [5.74, 6) is -0.732. The molecule has 0 N–H and O–H groups in total. The zero-order valence-corrected chi connectivity index (χ0v) is 13.4. The first-order valence-corrected chi connectivity index (χ1v) is 8.61. The van der Waals surface area contributed by atoms with Crippen LogP contribution in [-0.4, -0.2) is 14.8 Å². The molecular formula is C14H7ClF6O3S. The second-order valence-electron chi connectivity index (χ2n) is 4.69. The topological polar surface area (TPSA) is 43.4 Å². The molecule has 0 amide bonds. The van der Waals surface area contributed by atoms with Crippen molar-refractivity contribution in [3.8, 4) is 16.9 Å². The highest BCUT2D eigenvalue weighted by molar-refractivity contribution is 8.13. The lowest BCUT2D eigenvalue weighted by molar-refractivity contribution is -0.274. The van der Waals surface area contributed by atoms with Gasteiger partial charge in [0.1, 0.15) is 5.75 Å². The Labute approximate surface area is 142 Å². The molecule has 0 aliphatic rings. The van der Waals surface area contributed by atoms with Gasteiger partial charge in [-0.25, -0.2) is 8.42 Å². The summed E-state index contributed by atoms with van der Waals surface area (Å²) in [6.45, 7) is 0. The monoisotopic (exact) mass is 404 g/mol. The van der Waals surface area contributed by atoms with Crippen molar-refractivity contribution < 1.29 is 39.5 Å². The fourth-order valence-corrected chi connectivity index (χ4v) is 3.12. The molecule has 25 heavy (non-hydrogen) atoms. The van der Waals surface area contributed by atoms with Crippen molar-refractivity contribution in [1.82, 2.24) is 0 Å². The Morgan fingerprint density at radius 2 is 1.52 bits per heavy atom. The summed E-state index contributed by atoms with van der Waals surface area (Å²) >= 11 is 0. The number of halogens is 7. The van der Waals surface area contributed by atoms with E-state index in [4.69, 9.17) is 10.7 Å². The molecule has 2 rings (SSSR count). The predicted octanol–water partition coefficient (Wildman–Crippen LogP) is 5.20. The molecule has 2 aromatic rings. The molecular weight excluding hydrogens is 398 g/mol. The van der Waals surface area contributed by atoms with Crippen molar-refractivity contribution >= 4 is 19.7 Å². The van der Waals surface area contributed by atoms with E-state index in [1.54, 1.807) is 0 Å². The molecule has 0 heterocycles. The largest absolute Gasteiger partial charge is 0.573 e. The van der Waals surface area contributed by atoms with Gasteiger partial charge in [-0.2, -0.15) is 13.2 Å². The van der Waals surface area contributed by atoms with E-state index < -0.39 is 37.8 Å². The summed E-state index contributed by atoms with van der Waals surface area (Å²) in [5, 5.41) is 0. The molecule has 0 aliphatic heterocycles. The lowest BCUT2D eigenvalue weighted by atomic mass is 10.0.